The second-order valence-corrected chi connectivity index (χ2v) is 8.90. The van der Waals surface area contributed by atoms with E-state index >= 15 is 0 Å². The zero-order chi connectivity index (χ0) is 20.5. The van der Waals surface area contributed by atoms with Crippen molar-refractivity contribution >= 4 is 43.1 Å². The molecule has 0 radical (unpaired) electrons. The summed E-state index contributed by atoms with van der Waals surface area (Å²) in [5.41, 5.74) is 1.48. The van der Waals surface area contributed by atoms with Gasteiger partial charge < -0.3 is 0 Å². The van der Waals surface area contributed by atoms with Gasteiger partial charge in [-0.25, -0.2) is 0 Å². The lowest BCUT2D eigenvalue weighted by Gasteiger charge is -2.15. The predicted octanol–water partition coefficient (Wildman–Crippen LogP) is 9.06. The van der Waals surface area contributed by atoms with E-state index in [0.717, 1.165) is 5.92 Å². The van der Waals surface area contributed by atoms with Crippen molar-refractivity contribution in [2.75, 3.05) is 0 Å². The highest BCUT2D eigenvalue weighted by atomic mass is 14.1. The molecule has 0 aromatic heterocycles. The first-order chi connectivity index (χ1) is 14.7. The van der Waals surface area contributed by atoms with Crippen molar-refractivity contribution in [1.82, 2.24) is 0 Å². The molecule has 5 aromatic carbocycles. The summed E-state index contributed by atoms with van der Waals surface area (Å²) in [7, 11) is 0. The van der Waals surface area contributed by atoms with Gasteiger partial charge in [-0.1, -0.05) is 82.0 Å². The summed E-state index contributed by atoms with van der Waals surface area (Å²) in [4.78, 5) is 0. The van der Waals surface area contributed by atoms with E-state index in [4.69, 9.17) is 0 Å². The summed E-state index contributed by atoms with van der Waals surface area (Å²) in [6.45, 7) is 4.63. The lowest BCUT2D eigenvalue weighted by molar-refractivity contribution is 0.449. The third kappa shape index (κ3) is 3.67. The molecule has 150 valence electrons. The van der Waals surface area contributed by atoms with Gasteiger partial charge in [0.1, 0.15) is 0 Å². The molecule has 0 nitrogen and oxygen atoms in total. The third-order valence-electron chi connectivity index (χ3n) is 6.75. The van der Waals surface area contributed by atoms with Crippen molar-refractivity contribution in [3.8, 4) is 0 Å². The summed E-state index contributed by atoms with van der Waals surface area (Å²) < 4.78 is 0. The molecule has 0 aliphatic heterocycles. The maximum absolute atomic E-state index is 2.42. The molecule has 0 saturated carbocycles. The van der Waals surface area contributed by atoms with Gasteiger partial charge in [0.15, 0.2) is 0 Å². The normalized spacial score (nSPS) is 12.9. The number of fused-ring (bicyclic) bond motifs is 4. The molecule has 30 heavy (non-hydrogen) atoms. The van der Waals surface area contributed by atoms with Gasteiger partial charge in [0.2, 0.25) is 0 Å². The molecule has 1 unspecified atom stereocenters. The smallest absolute Gasteiger partial charge is 0.0171 e. The van der Waals surface area contributed by atoms with Crippen LogP contribution in [0.4, 0.5) is 0 Å². The van der Waals surface area contributed by atoms with Crippen LogP contribution in [-0.4, -0.2) is 0 Å². The SMILES string of the molecule is CCCCC(CC)Cc1ccc2cc3cc4cc5ccccc5cc4cc3cc2c1. The summed E-state index contributed by atoms with van der Waals surface area (Å²) in [6, 6.07) is 29.8. The minimum atomic E-state index is 0.806. The Kier molecular flexibility index (Phi) is 5.17. The van der Waals surface area contributed by atoms with Crippen LogP contribution < -0.4 is 0 Å². The zero-order valence-electron chi connectivity index (χ0n) is 18.1. The second-order valence-electron chi connectivity index (χ2n) is 8.90. The van der Waals surface area contributed by atoms with Crippen LogP contribution in [0.5, 0.6) is 0 Å². The lowest BCUT2D eigenvalue weighted by Crippen LogP contribution is -2.03. The van der Waals surface area contributed by atoms with Crippen LogP contribution >= 0.6 is 0 Å². The van der Waals surface area contributed by atoms with Gasteiger partial charge in [0.25, 0.3) is 0 Å². The maximum atomic E-state index is 2.42. The summed E-state index contributed by atoms with van der Waals surface area (Å²) in [5, 5.41) is 10.6. The molecule has 5 aromatic rings. The molecule has 0 fully saturated rings. The fourth-order valence-electron chi connectivity index (χ4n) is 4.90. The Balaban J connectivity index is 1.57. The van der Waals surface area contributed by atoms with Gasteiger partial charge >= 0.3 is 0 Å². The molecule has 0 amide bonds. The van der Waals surface area contributed by atoms with E-state index in [1.165, 1.54) is 80.8 Å². The molecule has 0 heterocycles. The predicted molar refractivity (Wildman–Crippen MR) is 133 cm³/mol. The number of benzene rings is 5. The quantitative estimate of drug-likeness (QED) is 0.254. The summed E-state index contributed by atoms with van der Waals surface area (Å²) in [5.74, 6) is 0.806. The number of hydrogen-bond donors (Lipinski definition) is 0. The van der Waals surface area contributed by atoms with Crippen LogP contribution in [0.2, 0.25) is 0 Å². The van der Waals surface area contributed by atoms with E-state index in [-0.39, 0.29) is 0 Å². The Morgan fingerprint density at radius 3 is 1.60 bits per heavy atom. The molecule has 0 heteroatoms. The Morgan fingerprint density at radius 2 is 1.07 bits per heavy atom. The Labute approximate surface area is 179 Å². The van der Waals surface area contributed by atoms with Gasteiger partial charge in [-0.05, 0) is 97.4 Å². The van der Waals surface area contributed by atoms with Crippen LogP contribution in [0, 0.1) is 5.92 Å². The Hall–Kier alpha value is -2.86. The monoisotopic (exact) mass is 390 g/mol. The average Bonchev–Trinajstić information content (AvgIpc) is 2.77. The van der Waals surface area contributed by atoms with Crippen molar-refractivity contribution in [1.29, 1.82) is 0 Å². The van der Waals surface area contributed by atoms with E-state index < -0.39 is 0 Å². The second kappa shape index (κ2) is 8.11. The topological polar surface area (TPSA) is 0 Å². The fraction of sp³-hybridized carbons (Fsp3) is 0.267. The highest BCUT2D eigenvalue weighted by Gasteiger charge is 2.09. The van der Waals surface area contributed by atoms with Crippen molar-refractivity contribution in [3.05, 3.63) is 84.4 Å². The van der Waals surface area contributed by atoms with E-state index in [1.54, 1.807) is 0 Å². The molecule has 0 bridgehead atoms. The Bertz CT molecular complexity index is 1340. The van der Waals surface area contributed by atoms with Crippen LogP contribution in [0.3, 0.4) is 0 Å². The van der Waals surface area contributed by atoms with E-state index in [1.807, 2.05) is 0 Å². The van der Waals surface area contributed by atoms with Crippen molar-refractivity contribution in [3.63, 3.8) is 0 Å². The van der Waals surface area contributed by atoms with Crippen LogP contribution in [0.25, 0.3) is 43.1 Å². The number of rotatable bonds is 6. The molecule has 0 aliphatic rings. The first kappa shape index (κ1) is 19.1. The van der Waals surface area contributed by atoms with E-state index in [9.17, 15) is 0 Å². The largest absolute Gasteiger partial charge is 0.0654 e. The van der Waals surface area contributed by atoms with Gasteiger partial charge in [0.05, 0.1) is 0 Å². The summed E-state index contributed by atoms with van der Waals surface area (Å²) >= 11 is 0. The first-order valence-corrected chi connectivity index (χ1v) is 11.5. The van der Waals surface area contributed by atoms with Gasteiger partial charge in [-0.3, -0.25) is 0 Å². The molecular formula is C30H30. The van der Waals surface area contributed by atoms with E-state index in [2.05, 4.69) is 92.7 Å². The highest BCUT2D eigenvalue weighted by Crippen LogP contribution is 2.31. The molecule has 0 spiro atoms. The standard InChI is InChI=1S/C30H30/c1-3-5-8-21(4-2)13-22-11-12-25-17-29-19-27-15-23-9-6-7-10-24(23)16-28(27)20-30(29)18-26(25)14-22/h6-7,9-12,14-21H,3-5,8,13H2,1-2H3. The minimum absolute atomic E-state index is 0.806. The zero-order valence-corrected chi connectivity index (χ0v) is 18.1. The van der Waals surface area contributed by atoms with Crippen LogP contribution in [0.15, 0.2) is 78.9 Å². The van der Waals surface area contributed by atoms with Gasteiger partial charge in [-0.2, -0.15) is 0 Å². The fourth-order valence-corrected chi connectivity index (χ4v) is 4.90. The van der Waals surface area contributed by atoms with Gasteiger partial charge in [-0.15, -0.1) is 0 Å². The number of hydrogen-bond acceptors (Lipinski definition) is 0. The summed E-state index contributed by atoms with van der Waals surface area (Å²) in [6.07, 6.45) is 6.47. The first-order valence-electron chi connectivity index (χ1n) is 11.5. The Morgan fingerprint density at radius 1 is 0.567 bits per heavy atom. The van der Waals surface area contributed by atoms with Crippen LogP contribution in [0.1, 0.15) is 45.1 Å². The minimum Gasteiger partial charge on any atom is -0.0654 e. The molecule has 0 aliphatic carbocycles. The van der Waals surface area contributed by atoms with Crippen molar-refractivity contribution in [2.24, 2.45) is 5.92 Å². The highest BCUT2D eigenvalue weighted by molar-refractivity contribution is 6.08. The van der Waals surface area contributed by atoms with Crippen molar-refractivity contribution in [2.45, 2.75) is 46.0 Å². The molecule has 0 saturated heterocycles. The molecular weight excluding hydrogens is 360 g/mol. The maximum Gasteiger partial charge on any atom is -0.0171 e. The number of unbranched alkanes of at least 4 members (excludes halogenated alkanes) is 1. The van der Waals surface area contributed by atoms with E-state index in [0.29, 0.717) is 0 Å². The van der Waals surface area contributed by atoms with Gasteiger partial charge in [0, 0.05) is 0 Å². The third-order valence-corrected chi connectivity index (χ3v) is 6.75. The van der Waals surface area contributed by atoms with Crippen molar-refractivity contribution < 1.29 is 0 Å². The molecule has 0 N–H and O–H groups in total. The molecule has 1 atom stereocenters. The average molecular weight is 391 g/mol. The van der Waals surface area contributed by atoms with Crippen LogP contribution in [-0.2, 0) is 6.42 Å². The lowest BCUT2D eigenvalue weighted by atomic mass is 9.90. The molecule has 5 rings (SSSR count).